The Bertz CT molecular complexity index is 755. The van der Waals surface area contributed by atoms with Gasteiger partial charge in [0.25, 0.3) is 0 Å². The number of likely N-dealkylation sites (tertiary alicyclic amines) is 1. The topological polar surface area (TPSA) is 53.4 Å². The summed E-state index contributed by atoms with van der Waals surface area (Å²) in [4.78, 5) is 19.4. The van der Waals surface area contributed by atoms with Crippen LogP contribution >= 0.6 is 0 Å². The van der Waals surface area contributed by atoms with Gasteiger partial charge < -0.3 is 10.0 Å². The van der Waals surface area contributed by atoms with E-state index in [9.17, 15) is 9.90 Å². The van der Waals surface area contributed by atoms with Crippen molar-refractivity contribution in [1.29, 1.82) is 0 Å². The van der Waals surface area contributed by atoms with E-state index in [0.29, 0.717) is 13.0 Å². The van der Waals surface area contributed by atoms with E-state index >= 15 is 0 Å². The number of rotatable bonds is 3. The van der Waals surface area contributed by atoms with Crippen molar-refractivity contribution in [1.82, 2.24) is 9.88 Å². The number of hydrogen-bond donors (Lipinski definition) is 1. The van der Waals surface area contributed by atoms with Crippen molar-refractivity contribution in [2.24, 2.45) is 5.92 Å². The largest absolute Gasteiger partial charge is 0.393 e. The van der Waals surface area contributed by atoms with Gasteiger partial charge in [0.05, 0.1) is 18.0 Å². The van der Waals surface area contributed by atoms with E-state index in [4.69, 9.17) is 0 Å². The minimum atomic E-state index is -0.355. The molecule has 128 valence electrons. The van der Waals surface area contributed by atoms with Gasteiger partial charge in [-0.15, -0.1) is 0 Å². The molecule has 0 saturated carbocycles. The number of benzene rings is 1. The highest BCUT2D eigenvalue weighted by atomic mass is 16.3. The highest BCUT2D eigenvalue weighted by molar-refractivity contribution is 5.86. The number of hydrogen-bond acceptors (Lipinski definition) is 3. The second-order valence-corrected chi connectivity index (χ2v) is 6.98. The average molecular weight is 326 g/mol. The summed E-state index contributed by atoms with van der Waals surface area (Å²) in [6.07, 6.45) is 2.00. The van der Waals surface area contributed by atoms with E-state index in [1.165, 1.54) is 0 Å². The van der Waals surface area contributed by atoms with Crippen molar-refractivity contribution in [2.75, 3.05) is 13.1 Å². The van der Waals surface area contributed by atoms with Crippen LogP contribution in [0.25, 0.3) is 10.9 Å². The second kappa shape index (κ2) is 6.89. The number of carbonyl (C=O) groups excluding carboxylic acids is 1. The van der Waals surface area contributed by atoms with Crippen LogP contribution in [0, 0.1) is 19.8 Å². The SMILES string of the molecule is Cc1nc2ccccc2c(C)c1CC(=O)N1CCCC(C(C)O)C1. The summed E-state index contributed by atoms with van der Waals surface area (Å²) in [6.45, 7) is 7.34. The molecule has 2 atom stereocenters. The maximum atomic E-state index is 12.8. The number of carbonyl (C=O) groups is 1. The molecular formula is C20H26N2O2. The lowest BCUT2D eigenvalue weighted by molar-refractivity contribution is -0.133. The zero-order valence-electron chi connectivity index (χ0n) is 14.7. The fraction of sp³-hybridized carbons (Fsp3) is 0.500. The Morgan fingerprint density at radius 2 is 2.12 bits per heavy atom. The van der Waals surface area contributed by atoms with Gasteiger partial charge in [0, 0.05) is 30.1 Å². The number of aliphatic hydroxyl groups excluding tert-OH is 1. The minimum Gasteiger partial charge on any atom is -0.393 e. The molecule has 1 aromatic heterocycles. The predicted molar refractivity (Wildman–Crippen MR) is 95.9 cm³/mol. The summed E-state index contributed by atoms with van der Waals surface area (Å²) in [5.74, 6) is 0.336. The summed E-state index contributed by atoms with van der Waals surface area (Å²) >= 11 is 0. The first-order chi connectivity index (χ1) is 11.5. The normalized spacial score (nSPS) is 19.5. The standard InChI is InChI=1S/C20H26N2O2/c1-13-17-8-4-5-9-19(17)21-14(2)18(13)11-20(24)22-10-6-7-16(12-22)15(3)23/h4-5,8-9,15-16,23H,6-7,10-12H2,1-3H3. The Kier molecular flexibility index (Phi) is 4.86. The molecule has 4 nitrogen and oxygen atoms in total. The second-order valence-electron chi connectivity index (χ2n) is 6.98. The van der Waals surface area contributed by atoms with Gasteiger partial charge in [-0.05, 0) is 50.8 Å². The number of fused-ring (bicyclic) bond motifs is 1. The molecular weight excluding hydrogens is 300 g/mol. The van der Waals surface area contributed by atoms with Crippen LogP contribution in [0.5, 0.6) is 0 Å². The quantitative estimate of drug-likeness (QED) is 0.943. The van der Waals surface area contributed by atoms with Gasteiger partial charge in [-0.3, -0.25) is 9.78 Å². The molecule has 3 rings (SSSR count). The smallest absolute Gasteiger partial charge is 0.227 e. The van der Waals surface area contributed by atoms with E-state index < -0.39 is 0 Å². The van der Waals surface area contributed by atoms with Gasteiger partial charge >= 0.3 is 0 Å². The van der Waals surface area contributed by atoms with Crippen molar-refractivity contribution in [2.45, 2.75) is 46.1 Å². The molecule has 24 heavy (non-hydrogen) atoms. The monoisotopic (exact) mass is 326 g/mol. The Balaban J connectivity index is 1.83. The van der Waals surface area contributed by atoms with Crippen LogP contribution in [0.4, 0.5) is 0 Å². The first-order valence-electron chi connectivity index (χ1n) is 8.78. The van der Waals surface area contributed by atoms with Gasteiger partial charge in [0.1, 0.15) is 0 Å². The Hall–Kier alpha value is -1.94. The zero-order valence-corrected chi connectivity index (χ0v) is 14.7. The van der Waals surface area contributed by atoms with Gasteiger partial charge in [0.15, 0.2) is 0 Å². The molecule has 0 spiro atoms. The van der Waals surface area contributed by atoms with Crippen molar-refractivity contribution in [3.63, 3.8) is 0 Å². The number of aliphatic hydroxyl groups is 1. The number of aromatic nitrogens is 1. The van der Waals surface area contributed by atoms with E-state index in [-0.39, 0.29) is 17.9 Å². The van der Waals surface area contributed by atoms with Crippen LogP contribution in [0.15, 0.2) is 24.3 Å². The molecule has 1 aliphatic heterocycles. The maximum absolute atomic E-state index is 12.8. The molecule has 1 N–H and O–H groups in total. The Labute approximate surface area is 143 Å². The number of piperidine rings is 1. The number of pyridine rings is 1. The molecule has 1 aromatic carbocycles. The minimum absolute atomic E-state index is 0.142. The van der Waals surface area contributed by atoms with E-state index in [1.807, 2.05) is 36.9 Å². The van der Waals surface area contributed by atoms with Crippen LogP contribution < -0.4 is 0 Å². The van der Waals surface area contributed by atoms with Gasteiger partial charge in [-0.1, -0.05) is 18.2 Å². The van der Waals surface area contributed by atoms with Gasteiger partial charge in [-0.2, -0.15) is 0 Å². The van der Waals surface area contributed by atoms with E-state index in [1.54, 1.807) is 0 Å². The summed E-state index contributed by atoms with van der Waals surface area (Å²) in [5, 5.41) is 10.9. The van der Waals surface area contributed by atoms with Crippen LogP contribution in [0.2, 0.25) is 0 Å². The third-order valence-corrected chi connectivity index (χ3v) is 5.31. The molecule has 0 bridgehead atoms. The number of aryl methyl sites for hydroxylation is 2. The summed E-state index contributed by atoms with van der Waals surface area (Å²) in [6, 6.07) is 8.08. The fourth-order valence-electron chi connectivity index (χ4n) is 3.72. The molecule has 1 aliphatic rings. The lowest BCUT2D eigenvalue weighted by Crippen LogP contribution is -2.43. The van der Waals surface area contributed by atoms with Crippen molar-refractivity contribution in [3.8, 4) is 0 Å². The Morgan fingerprint density at radius 3 is 2.88 bits per heavy atom. The zero-order chi connectivity index (χ0) is 17.3. The number of nitrogens with zero attached hydrogens (tertiary/aromatic N) is 2. The number of amides is 1. The van der Waals surface area contributed by atoms with E-state index in [0.717, 1.165) is 47.1 Å². The highest BCUT2D eigenvalue weighted by Gasteiger charge is 2.27. The van der Waals surface area contributed by atoms with Crippen molar-refractivity contribution in [3.05, 3.63) is 41.1 Å². The van der Waals surface area contributed by atoms with Crippen LogP contribution in [0.3, 0.4) is 0 Å². The highest BCUT2D eigenvalue weighted by Crippen LogP contribution is 2.25. The lowest BCUT2D eigenvalue weighted by atomic mass is 9.92. The first kappa shape index (κ1) is 16.9. The third-order valence-electron chi connectivity index (χ3n) is 5.31. The van der Waals surface area contributed by atoms with Gasteiger partial charge in [-0.25, -0.2) is 0 Å². The molecule has 2 unspecified atom stereocenters. The first-order valence-corrected chi connectivity index (χ1v) is 8.78. The predicted octanol–water partition coefficient (Wildman–Crippen LogP) is 3.01. The molecule has 1 saturated heterocycles. The lowest BCUT2D eigenvalue weighted by Gasteiger charge is -2.34. The van der Waals surface area contributed by atoms with E-state index in [2.05, 4.69) is 18.0 Å². The molecule has 4 heteroatoms. The molecule has 1 amide bonds. The van der Waals surface area contributed by atoms with Crippen molar-refractivity contribution >= 4 is 16.8 Å². The third kappa shape index (κ3) is 3.29. The number of para-hydroxylation sites is 1. The maximum Gasteiger partial charge on any atom is 0.227 e. The molecule has 0 aliphatic carbocycles. The Morgan fingerprint density at radius 1 is 1.38 bits per heavy atom. The summed E-state index contributed by atoms with van der Waals surface area (Å²) in [5.41, 5.74) is 4.10. The van der Waals surface area contributed by atoms with Crippen LogP contribution in [0.1, 0.15) is 36.6 Å². The average Bonchev–Trinajstić information content (AvgIpc) is 2.58. The fourth-order valence-corrected chi connectivity index (χ4v) is 3.72. The van der Waals surface area contributed by atoms with Gasteiger partial charge in [0.2, 0.25) is 5.91 Å². The molecule has 2 aromatic rings. The van der Waals surface area contributed by atoms with Crippen LogP contribution in [-0.4, -0.2) is 40.1 Å². The van der Waals surface area contributed by atoms with Crippen LogP contribution in [-0.2, 0) is 11.2 Å². The summed E-state index contributed by atoms with van der Waals surface area (Å²) in [7, 11) is 0. The molecule has 1 fully saturated rings. The molecule has 0 radical (unpaired) electrons. The molecule has 2 heterocycles. The summed E-state index contributed by atoms with van der Waals surface area (Å²) < 4.78 is 0. The van der Waals surface area contributed by atoms with Crippen molar-refractivity contribution < 1.29 is 9.90 Å².